The van der Waals surface area contributed by atoms with Gasteiger partial charge in [0.1, 0.15) is 11.4 Å². The number of methoxy groups -OCH3 is 1. The molecule has 0 saturated carbocycles. The van der Waals surface area contributed by atoms with Crippen molar-refractivity contribution in [2.75, 3.05) is 7.11 Å². The summed E-state index contributed by atoms with van der Waals surface area (Å²) in [5, 5.41) is 0.643. The number of hydrogen-bond acceptors (Lipinski definition) is 3. The lowest BCUT2D eigenvalue weighted by molar-refractivity contribution is 0.414. The zero-order valence-electron chi connectivity index (χ0n) is 12.1. The zero-order valence-corrected chi connectivity index (χ0v) is 12.1. The van der Waals surface area contributed by atoms with E-state index in [-0.39, 0.29) is 5.56 Å². The van der Waals surface area contributed by atoms with Crippen LogP contribution in [0.15, 0.2) is 41.5 Å². The third-order valence-corrected chi connectivity index (χ3v) is 3.55. The minimum atomic E-state index is -0.00198. The molecule has 0 saturated heterocycles. The van der Waals surface area contributed by atoms with E-state index in [0.717, 1.165) is 23.4 Å². The molecule has 1 aromatic carbocycles. The van der Waals surface area contributed by atoms with Crippen molar-refractivity contribution in [2.45, 2.75) is 19.9 Å². The highest BCUT2D eigenvalue weighted by Crippen LogP contribution is 2.12. The van der Waals surface area contributed by atoms with Crippen LogP contribution in [0.4, 0.5) is 0 Å². The second kappa shape index (κ2) is 5.44. The highest BCUT2D eigenvalue weighted by molar-refractivity contribution is 5.74. The molecule has 2 heterocycles. The van der Waals surface area contributed by atoms with Crippen molar-refractivity contribution in [3.8, 4) is 5.75 Å². The van der Waals surface area contributed by atoms with Crippen LogP contribution in [-0.4, -0.2) is 21.6 Å². The smallest absolute Gasteiger partial charge is 0.262 e. The standard InChI is InChI=1S/C16H17N3O2/c1-11-9-14-15(18-11)17-10-19(16(14)20)8-7-12-3-5-13(21-2)6-4-12/h3-6,9-10,18H,7-8H2,1-2H3. The molecule has 0 unspecified atom stereocenters. The number of nitrogens with one attached hydrogen (secondary N) is 1. The number of hydrogen-bond donors (Lipinski definition) is 1. The molecular formula is C16H17N3O2. The van der Waals surface area contributed by atoms with Crippen molar-refractivity contribution in [2.24, 2.45) is 0 Å². The lowest BCUT2D eigenvalue weighted by Crippen LogP contribution is -2.21. The molecule has 21 heavy (non-hydrogen) atoms. The van der Waals surface area contributed by atoms with Gasteiger partial charge in [-0.1, -0.05) is 12.1 Å². The maximum atomic E-state index is 12.3. The van der Waals surface area contributed by atoms with Crippen LogP contribution < -0.4 is 10.3 Å². The number of aromatic nitrogens is 3. The Hall–Kier alpha value is -2.56. The molecule has 0 atom stereocenters. The second-order valence-electron chi connectivity index (χ2n) is 5.06. The Balaban J connectivity index is 1.81. The first kappa shape index (κ1) is 13.4. The molecule has 0 aliphatic rings. The van der Waals surface area contributed by atoms with Crippen molar-refractivity contribution in [1.82, 2.24) is 14.5 Å². The summed E-state index contributed by atoms with van der Waals surface area (Å²) in [6.07, 6.45) is 2.38. The Kier molecular flexibility index (Phi) is 3.48. The van der Waals surface area contributed by atoms with Crippen molar-refractivity contribution in [3.63, 3.8) is 0 Å². The largest absolute Gasteiger partial charge is 0.497 e. The van der Waals surface area contributed by atoms with Gasteiger partial charge in [-0.25, -0.2) is 4.98 Å². The summed E-state index contributed by atoms with van der Waals surface area (Å²) in [7, 11) is 1.65. The number of fused-ring (bicyclic) bond motifs is 1. The number of aromatic amines is 1. The van der Waals surface area contributed by atoms with E-state index in [1.54, 1.807) is 18.0 Å². The van der Waals surface area contributed by atoms with Gasteiger partial charge in [0.15, 0.2) is 0 Å². The minimum absolute atomic E-state index is 0.00198. The summed E-state index contributed by atoms with van der Waals surface area (Å²) in [5.74, 6) is 0.835. The fourth-order valence-corrected chi connectivity index (χ4v) is 2.38. The van der Waals surface area contributed by atoms with Crippen LogP contribution in [0, 0.1) is 6.92 Å². The number of rotatable bonds is 4. The average Bonchev–Trinajstić information content (AvgIpc) is 2.89. The van der Waals surface area contributed by atoms with E-state index in [2.05, 4.69) is 9.97 Å². The molecule has 0 radical (unpaired) electrons. The van der Waals surface area contributed by atoms with Crippen molar-refractivity contribution < 1.29 is 4.74 Å². The first-order valence-electron chi connectivity index (χ1n) is 6.85. The molecule has 5 nitrogen and oxygen atoms in total. The van der Waals surface area contributed by atoms with Gasteiger partial charge < -0.3 is 9.72 Å². The number of H-pyrrole nitrogens is 1. The predicted octanol–water partition coefficient (Wildman–Crippen LogP) is 2.28. The van der Waals surface area contributed by atoms with E-state index < -0.39 is 0 Å². The molecule has 0 fully saturated rings. The van der Waals surface area contributed by atoms with E-state index >= 15 is 0 Å². The van der Waals surface area contributed by atoms with Gasteiger partial charge in [-0.15, -0.1) is 0 Å². The molecular weight excluding hydrogens is 266 g/mol. The molecule has 108 valence electrons. The highest BCUT2D eigenvalue weighted by Gasteiger charge is 2.06. The Labute approximate surface area is 122 Å². The summed E-state index contributed by atoms with van der Waals surface area (Å²) in [6.45, 7) is 2.53. The van der Waals surface area contributed by atoms with Gasteiger partial charge in [0.2, 0.25) is 0 Å². The van der Waals surface area contributed by atoms with E-state index in [4.69, 9.17) is 4.74 Å². The number of ether oxygens (including phenoxy) is 1. The van der Waals surface area contributed by atoms with Crippen LogP contribution in [0.1, 0.15) is 11.3 Å². The maximum absolute atomic E-state index is 12.3. The summed E-state index contributed by atoms with van der Waals surface area (Å²) in [6, 6.07) is 9.71. The quantitative estimate of drug-likeness (QED) is 0.799. The second-order valence-corrected chi connectivity index (χ2v) is 5.06. The fourth-order valence-electron chi connectivity index (χ4n) is 2.38. The predicted molar refractivity (Wildman–Crippen MR) is 81.8 cm³/mol. The first-order valence-corrected chi connectivity index (χ1v) is 6.85. The summed E-state index contributed by atoms with van der Waals surface area (Å²) in [5.41, 5.74) is 2.76. The topological polar surface area (TPSA) is 59.9 Å². The zero-order chi connectivity index (χ0) is 14.8. The van der Waals surface area contributed by atoms with Gasteiger partial charge in [0.25, 0.3) is 5.56 Å². The van der Waals surface area contributed by atoms with Crippen LogP contribution in [0.5, 0.6) is 5.75 Å². The number of benzene rings is 1. The Morgan fingerprint density at radius 1 is 1.29 bits per heavy atom. The fraction of sp³-hybridized carbons (Fsp3) is 0.250. The summed E-state index contributed by atoms with van der Waals surface area (Å²) < 4.78 is 6.79. The molecule has 0 amide bonds. The van der Waals surface area contributed by atoms with Crippen LogP contribution in [0.25, 0.3) is 11.0 Å². The number of nitrogens with zero attached hydrogens (tertiary/aromatic N) is 2. The molecule has 2 aromatic heterocycles. The van der Waals surface area contributed by atoms with Crippen molar-refractivity contribution in [3.05, 3.63) is 58.3 Å². The van der Waals surface area contributed by atoms with Gasteiger partial charge in [-0.3, -0.25) is 9.36 Å². The van der Waals surface area contributed by atoms with Gasteiger partial charge in [0.05, 0.1) is 18.8 Å². The molecule has 5 heteroatoms. The molecule has 3 rings (SSSR count). The third kappa shape index (κ3) is 2.67. The average molecular weight is 283 g/mol. The lowest BCUT2D eigenvalue weighted by atomic mass is 10.1. The third-order valence-electron chi connectivity index (χ3n) is 3.55. The molecule has 1 N–H and O–H groups in total. The van der Waals surface area contributed by atoms with Crippen LogP contribution in [-0.2, 0) is 13.0 Å². The SMILES string of the molecule is COc1ccc(CCn2cnc3[nH]c(C)cc3c2=O)cc1. The van der Waals surface area contributed by atoms with Gasteiger partial charge >= 0.3 is 0 Å². The van der Waals surface area contributed by atoms with Gasteiger partial charge in [-0.2, -0.15) is 0 Å². The monoisotopic (exact) mass is 283 g/mol. The Bertz CT molecular complexity index is 816. The van der Waals surface area contributed by atoms with E-state index in [1.165, 1.54) is 0 Å². The first-order chi connectivity index (χ1) is 10.2. The summed E-state index contributed by atoms with van der Waals surface area (Å²) in [4.78, 5) is 19.7. The lowest BCUT2D eigenvalue weighted by Gasteiger charge is -2.06. The Morgan fingerprint density at radius 3 is 2.76 bits per heavy atom. The van der Waals surface area contributed by atoms with Gasteiger partial charge in [0, 0.05) is 12.2 Å². The Morgan fingerprint density at radius 2 is 2.05 bits per heavy atom. The molecule has 3 aromatic rings. The molecule has 0 aliphatic carbocycles. The molecule has 0 spiro atoms. The minimum Gasteiger partial charge on any atom is -0.497 e. The van der Waals surface area contributed by atoms with Crippen LogP contribution >= 0.6 is 0 Å². The van der Waals surface area contributed by atoms with E-state index in [9.17, 15) is 4.79 Å². The van der Waals surface area contributed by atoms with E-state index in [1.807, 2.05) is 37.3 Å². The molecule has 0 bridgehead atoms. The van der Waals surface area contributed by atoms with Crippen molar-refractivity contribution in [1.29, 1.82) is 0 Å². The normalized spacial score (nSPS) is 11.0. The van der Waals surface area contributed by atoms with E-state index in [0.29, 0.717) is 17.6 Å². The van der Waals surface area contributed by atoms with Crippen LogP contribution in [0.2, 0.25) is 0 Å². The maximum Gasteiger partial charge on any atom is 0.262 e. The van der Waals surface area contributed by atoms with Crippen molar-refractivity contribution >= 4 is 11.0 Å². The molecule has 0 aliphatic heterocycles. The highest BCUT2D eigenvalue weighted by atomic mass is 16.5. The van der Waals surface area contributed by atoms with Gasteiger partial charge in [-0.05, 0) is 37.1 Å². The van der Waals surface area contributed by atoms with Crippen LogP contribution in [0.3, 0.4) is 0 Å². The summed E-state index contributed by atoms with van der Waals surface area (Å²) >= 11 is 0. The number of aryl methyl sites for hydroxylation is 3.